The lowest BCUT2D eigenvalue weighted by Crippen LogP contribution is -2.21. The Kier molecular flexibility index (Phi) is 2.00. The molecule has 1 aromatic rings. The summed E-state index contributed by atoms with van der Waals surface area (Å²) in [4.78, 5) is 10.4. The third-order valence-corrected chi connectivity index (χ3v) is 1.81. The highest BCUT2D eigenvalue weighted by atomic mass is 16.5. The summed E-state index contributed by atoms with van der Waals surface area (Å²) in [6, 6.07) is 9.65. The van der Waals surface area contributed by atoms with E-state index in [0.717, 1.165) is 11.8 Å². The van der Waals surface area contributed by atoms with Crippen molar-refractivity contribution in [2.75, 3.05) is 0 Å². The molecule has 1 heterocycles. The molecule has 0 fully saturated rings. The van der Waals surface area contributed by atoms with Crippen LogP contribution in [0.25, 0.3) is 5.76 Å². The fraction of sp³-hybridized carbons (Fsp3) is 0.100. The first-order valence-electron chi connectivity index (χ1n) is 4.04. The monoisotopic (exact) mass is 175 g/mol. The molecule has 1 N–H and O–H groups in total. The third kappa shape index (κ3) is 1.54. The van der Waals surface area contributed by atoms with Gasteiger partial charge in [-0.1, -0.05) is 30.3 Å². The van der Waals surface area contributed by atoms with Gasteiger partial charge < -0.3 is 10.1 Å². The lowest BCUT2D eigenvalue weighted by Gasteiger charge is -2.05. The highest BCUT2D eigenvalue weighted by Gasteiger charge is 2.16. The summed E-state index contributed by atoms with van der Waals surface area (Å²) >= 11 is 0. The molecule has 1 atom stereocenters. The number of ether oxygens (including phenoxy) is 1. The smallest absolute Gasteiger partial charge is 0.226 e. The maximum atomic E-state index is 10.4. The number of aldehydes is 1. The number of carbonyl (C=O) groups is 1. The van der Waals surface area contributed by atoms with Crippen LogP contribution in [0.3, 0.4) is 0 Å². The summed E-state index contributed by atoms with van der Waals surface area (Å²) in [7, 11) is 0. The maximum Gasteiger partial charge on any atom is 0.226 e. The Morgan fingerprint density at radius 1 is 1.31 bits per heavy atom. The van der Waals surface area contributed by atoms with Crippen molar-refractivity contribution in [2.45, 2.75) is 6.23 Å². The van der Waals surface area contributed by atoms with Crippen LogP contribution in [0, 0.1) is 0 Å². The second-order valence-electron chi connectivity index (χ2n) is 2.72. The molecular formula is C10H9NO2. The molecule has 0 aromatic heterocycles. The maximum absolute atomic E-state index is 10.4. The predicted molar refractivity (Wildman–Crippen MR) is 48.5 cm³/mol. The molecule has 13 heavy (non-hydrogen) atoms. The van der Waals surface area contributed by atoms with Gasteiger partial charge in [0.2, 0.25) is 6.23 Å². The van der Waals surface area contributed by atoms with E-state index in [0.29, 0.717) is 5.76 Å². The highest BCUT2D eigenvalue weighted by molar-refractivity contribution is 5.66. The lowest BCUT2D eigenvalue weighted by molar-refractivity contribution is -0.114. The first kappa shape index (κ1) is 7.86. The molecule has 0 radical (unpaired) electrons. The topological polar surface area (TPSA) is 38.3 Å². The Morgan fingerprint density at radius 3 is 2.69 bits per heavy atom. The van der Waals surface area contributed by atoms with Crippen molar-refractivity contribution in [3.05, 3.63) is 42.1 Å². The zero-order chi connectivity index (χ0) is 9.10. The first-order valence-corrected chi connectivity index (χ1v) is 4.04. The molecule has 1 aliphatic heterocycles. The van der Waals surface area contributed by atoms with Crippen LogP contribution in [0.15, 0.2) is 36.5 Å². The van der Waals surface area contributed by atoms with Gasteiger partial charge in [-0.3, -0.25) is 4.79 Å². The van der Waals surface area contributed by atoms with Gasteiger partial charge in [-0.15, -0.1) is 0 Å². The summed E-state index contributed by atoms with van der Waals surface area (Å²) in [5.74, 6) is 0.706. The fourth-order valence-corrected chi connectivity index (χ4v) is 1.18. The summed E-state index contributed by atoms with van der Waals surface area (Å²) in [5.41, 5.74) is 0.972. The van der Waals surface area contributed by atoms with Crippen molar-refractivity contribution in [3.63, 3.8) is 0 Å². The SMILES string of the molecule is O=CC1NC=C(c2ccccc2)O1. The van der Waals surface area contributed by atoms with Crippen molar-refractivity contribution in [1.29, 1.82) is 0 Å². The average Bonchev–Trinajstić information content (AvgIpc) is 2.67. The minimum absolute atomic E-state index is 0.532. The van der Waals surface area contributed by atoms with Crippen LogP contribution in [0.2, 0.25) is 0 Å². The van der Waals surface area contributed by atoms with Crippen molar-refractivity contribution in [2.24, 2.45) is 0 Å². The molecule has 0 saturated heterocycles. The van der Waals surface area contributed by atoms with Crippen LogP contribution in [-0.4, -0.2) is 12.5 Å². The Hall–Kier alpha value is -1.77. The van der Waals surface area contributed by atoms with E-state index in [1.165, 1.54) is 0 Å². The normalized spacial score (nSPS) is 20.0. The Bertz CT molecular complexity index is 332. The number of carbonyl (C=O) groups excluding carboxylic acids is 1. The largest absolute Gasteiger partial charge is 0.462 e. The average molecular weight is 175 g/mol. The van der Waals surface area contributed by atoms with Crippen LogP contribution in [-0.2, 0) is 9.53 Å². The zero-order valence-electron chi connectivity index (χ0n) is 6.94. The standard InChI is InChI=1S/C10H9NO2/c12-7-10-11-6-9(13-10)8-4-2-1-3-5-8/h1-7,10-11H. The van der Waals surface area contributed by atoms with Gasteiger partial charge in [-0.2, -0.15) is 0 Å². The minimum Gasteiger partial charge on any atom is -0.462 e. The molecule has 66 valence electrons. The number of hydrogen-bond acceptors (Lipinski definition) is 3. The second kappa shape index (κ2) is 3.31. The predicted octanol–water partition coefficient (Wildman–Crippen LogP) is 1.13. The second-order valence-corrected chi connectivity index (χ2v) is 2.72. The van der Waals surface area contributed by atoms with E-state index in [9.17, 15) is 4.79 Å². The van der Waals surface area contributed by atoms with Gasteiger partial charge in [0.05, 0.1) is 0 Å². The van der Waals surface area contributed by atoms with Crippen LogP contribution in [0.5, 0.6) is 0 Å². The van der Waals surface area contributed by atoms with Gasteiger partial charge in [-0.25, -0.2) is 0 Å². The molecule has 2 rings (SSSR count). The molecule has 1 aliphatic rings. The fourth-order valence-electron chi connectivity index (χ4n) is 1.18. The molecule has 1 aromatic carbocycles. The number of hydrogen-bond donors (Lipinski definition) is 1. The zero-order valence-corrected chi connectivity index (χ0v) is 6.94. The third-order valence-electron chi connectivity index (χ3n) is 1.81. The van der Waals surface area contributed by atoms with E-state index >= 15 is 0 Å². The number of benzene rings is 1. The van der Waals surface area contributed by atoms with E-state index < -0.39 is 6.23 Å². The van der Waals surface area contributed by atoms with Crippen molar-refractivity contribution < 1.29 is 9.53 Å². The molecule has 3 nitrogen and oxygen atoms in total. The van der Waals surface area contributed by atoms with Crippen LogP contribution < -0.4 is 5.32 Å². The summed E-state index contributed by atoms with van der Waals surface area (Å²) in [5, 5.41) is 2.80. The van der Waals surface area contributed by atoms with E-state index in [2.05, 4.69) is 5.32 Å². The first-order chi connectivity index (χ1) is 6.40. The summed E-state index contributed by atoms with van der Waals surface area (Å²) in [6.07, 6.45) is 1.90. The van der Waals surface area contributed by atoms with Crippen molar-refractivity contribution in [3.8, 4) is 0 Å². The molecule has 0 amide bonds. The minimum atomic E-state index is -0.532. The Labute approximate surface area is 76.0 Å². The molecule has 0 spiro atoms. The summed E-state index contributed by atoms with van der Waals surface area (Å²) in [6.45, 7) is 0. The van der Waals surface area contributed by atoms with Crippen LogP contribution in [0.4, 0.5) is 0 Å². The molecular weight excluding hydrogens is 166 g/mol. The van der Waals surface area contributed by atoms with Crippen molar-refractivity contribution in [1.82, 2.24) is 5.32 Å². The molecule has 3 heteroatoms. The van der Waals surface area contributed by atoms with Crippen LogP contribution in [0.1, 0.15) is 5.56 Å². The Balaban J connectivity index is 2.17. The van der Waals surface area contributed by atoms with E-state index in [1.807, 2.05) is 30.3 Å². The van der Waals surface area contributed by atoms with Gasteiger partial charge in [0.15, 0.2) is 6.29 Å². The molecule has 1 unspecified atom stereocenters. The van der Waals surface area contributed by atoms with Gasteiger partial charge in [0.25, 0.3) is 0 Å². The van der Waals surface area contributed by atoms with Crippen LogP contribution >= 0.6 is 0 Å². The molecule has 0 bridgehead atoms. The highest BCUT2D eigenvalue weighted by Crippen LogP contribution is 2.19. The van der Waals surface area contributed by atoms with Gasteiger partial charge in [0, 0.05) is 11.8 Å². The quantitative estimate of drug-likeness (QED) is 0.685. The van der Waals surface area contributed by atoms with E-state index in [1.54, 1.807) is 6.20 Å². The Morgan fingerprint density at radius 2 is 2.08 bits per heavy atom. The van der Waals surface area contributed by atoms with Crippen molar-refractivity contribution >= 4 is 12.0 Å². The molecule has 0 saturated carbocycles. The number of nitrogens with one attached hydrogen (secondary N) is 1. The van der Waals surface area contributed by atoms with Gasteiger partial charge >= 0.3 is 0 Å². The number of rotatable bonds is 2. The summed E-state index contributed by atoms with van der Waals surface area (Å²) < 4.78 is 5.28. The van der Waals surface area contributed by atoms with E-state index in [4.69, 9.17) is 4.74 Å². The lowest BCUT2D eigenvalue weighted by atomic mass is 10.2. The molecule has 0 aliphatic carbocycles. The van der Waals surface area contributed by atoms with Gasteiger partial charge in [0.1, 0.15) is 5.76 Å². The van der Waals surface area contributed by atoms with E-state index in [-0.39, 0.29) is 0 Å². The van der Waals surface area contributed by atoms with Gasteiger partial charge in [-0.05, 0) is 0 Å².